The molecule has 88 valence electrons. The number of anilines is 1. The Bertz CT molecular complexity index is 349. The van der Waals surface area contributed by atoms with E-state index in [0.717, 1.165) is 30.6 Å². The van der Waals surface area contributed by atoms with Gasteiger partial charge in [-0.2, -0.15) is 0 Å². The number of nitrogens with zero attached hydrogens (tertiary/aromatic N) is 1. The zero-order valence-electron chi connectivity index (χ0n) is 9.25. The number of alkyl halides is 2. The van der Waals surface area contributed by atoms with Gasteiger partial charge in [0.25, 0.3) is 0 Å². The Labute approximate surface area is 106 Å². The van der Waals surface area contributed by atoms with E-state index < -0.39 is 0 Å². The van der Waals surface area contributed by atoms with Crippen LogP contribution in [0.5, 0.6) is 0 Å². The molecule has 0 heterocycles. The number of carbonyl (C=O) groups excluding carboxylic acids is 1. The molecule has 0 saturated heterocycles. The Balaban J connectivity index is 3.00. The molecule has 1 rings (SSSR count). The van der Waals surface area contributed by atoms with Gasteiger partial charge in [0.15, 0.2) is 0 Å². The largest absolute Gasteiger partial charge is 0.369 e. The summed E-state index contributed by atoms with van der Waals surface area (Å²) >= 11 is 11.5. The average Bonchev–Trinajstić information content (AvgIpc) is 2.29. The Kier molecular flexibility index (Phi) is 5.64. The smallest absolute Gasteiger partial charge is 0.150 e. The van der Waals surface area contributed by atoms with Crippen molar-refractivity contribution in [1.29, 1.82) is 0 Å². The van der Waals surface area contributed by atoms with Crippen molar-refractivity contribution in [2.24, 2.45) is 0 Å². The van der Waals surface area contributed by atoms with E-state index in [4.69, 9.17) is 23.2 Å². The lowest BCUT2D eigenvalue weighted by Crippen LogP contribution is -2.28. The molecular weight excluding hydrogens is 245 g/mol. The predicted molar refractivity (Wildman–Crippen MR) is 70.2 cm³/mol. The van der Waals surface area contributed by atoms with Gasteiger partial charge in [-0.1, -0.05) is 12.1 Å². The summed E-state index contributed by atoms with van der Waals surface area (Å²) in [5, 5.41) is 0. The minimum absolute atomic E-state index is 0.543. The van der Waals surface area contributed by atoms with Gasteiger partial charge in [0, 0.05) is 36.1 Å². The molecule has 1 aromatic rings. The first-order valence-electron chi connectivity index (χ1n) is 5.15. The highest BCUT2D eigenvalue weighted by molar-refractivity contribution is 6.18. The molecule has 0 radical (unpaired) electrons. The molecule has 0 atom stereocenters. The van der Waals surface area contributed by atoms with Crippen molar-refractivity contribution in [1.82, 2.24) is 0 Å². The normalized spacial score (nSPS) is 10.2. The lowest BCUT2D eigenvalue weighted by Gasteiger charge is -2.25. The summed E-state index contributed by atoms with van der Waals surface area (Å²) in [4.78, 5) is 12.8. The van der Waals surface area contributed by atoms with Crippen LogP contribution in [-0.4, -0.2) is 31.1 Å². The van der Waals surface area contributed by atoms with Gasteiger partial charge in [0.2, 0.25) is 0 Å². The van der Waals surface area contributed by atoms with Crippen LogP contribution in [-0.2, 0) is 0 Å². The van der Waals surface area contributed by atoms with Crippen LogP contribution in [0.4, 0.5) is 5.69 Å². The molecule has 0 spiro atoms. The first-order valence-corrected chi connectivity index (χ1v) is 6.22. The number of aryl methyl sites for hydroxylation is 1. The fourth-order valence-corrected chi connectivity index (χ4v) is 2.01. The molecule has 4 heteroatoms. The zero-order valence-corrected chi connectivity index (χ0v) is 10.8. The van der Waals surface area contributed by atoms with E-state index in [1.165, 1.54) is 0 Å². The Morgan fingerprint density at radius 1 is 1.25 bits per heavy atom. The number of hydrogen-bond acceptors (Lipinski definition) is 2. The fraction of sp³-hybridized carbons (Fsp3) is 0.417. The number of aldehydes is 1. The van der Waals surface area contributed by atoms with Crippen molar-refractivity contribution >= 4 is 35.2 Å². The monoisotopic (exact) mass is 259 g/mol. The van der Waals surface area contributed by atoms with Crippen LogP contribution >= 0.6 is 23.2 Å². The number of halogens is 2. The maximum Gasteiger partial charge on any atom is 0.150 e. The second-order valence-corrected chi connectivity index (χ2v) is 4.28. The van der Waals surface area contributed by atoms with Gasteiger partial charge >= 0.3 is 0 Å². The van der Waals surface area contributed by atoms with E-state index in [0.29, 0.717) is 17.3 Å². The predicted octanol–water partition coefficient (Wildman–Crippen LogP) is 3.09. The number of hydrogen-bond donors (Lipinski definition) is 0. The molecule has 0 bridgehead atoms. The molecule has 0 aromatic heterocycles. The van der Waals surface area contributed by atoms with Crippen LogP contribution in [0.15, 0.2) is 18.2 Å². The Morgan fingerprint density at radius 3 is 2.38 bits per heavy atom. The molecule has 0 amide bonds. The highest BCUT2D eigenvalue weighted by atomic mass is 35.5. The molecule has 0 aliphatic heterocycles. The average molecular weight is 260 g/mol. The zero-order chi connectivity index (χ0) is 12.0. The van der Waals surface area contributed by atoms with Crippen molar-refractivity contribution in [2.75, 3.05) is 29.7 Å². The lowest BCUT2D eigenvalue weighted by molar-refractivity contribution is 0.112. The van der Waals surface area contributed by atoms with E-state index in [1.807, 2.05) is 25.1 Å². The molecule has 0 aliphatic rings. The van der Waals surface area contributed by atoms with Gasteiger partial charge < -0.3 is 4.90 Å². The molecule has 0 N–H and O–H groups in total. The van der Waals surface area contributed by atoms with Gasteiger partial charge in [-0.3, -0.25) is 4.79 Å². The molecular formula is C12H15Cl2NO. The molecule has 0 saturated carbocycles. The second kappa shape index (κ2) is 6.77. The summed E-state index contributed by atoms with van der Waals surface area (Å²) < 4.78 is 0. The van der Waals surface area contributed by atoms with E-state index in [2.05, 4.69) is 4.90 Å². The van der Waals surface area contributed by atoms with E-state index in [9.17, 15) is 4.79 Å². The van der Waals surface area contributed by atoms with Crippen molar-refractivity contribution in [2.45, 2.75) is 6.92 Å². The second-order valence-electron chi connectivity index (χ2n) is 3.53. The first-order chi connectivity index (χ1) is 7.72. The minimum atomic E-state index is 0.543. The topological polar surface area (TPSA) is 20.3 Å². The molecule has 0 unspecified atom stereocenters. The minimum Gasteiger partial charge on any atom is -0.369 e. The standard InChI is InChI=1S/C12H15Cl2NO/c1-10-2-3-11(9-16)8-12(10)15(6-4-13)7-5-14/h2-3,8-9H,4-7H2,1H3. The van der Waals surface area contributed by atoms with Crippen LogP contribution in [0.25, 0.3) is 0 Å². The molecule has 2 nitrogen and oxygen atoms in total. The van der Waals surface area contributed by atoms with Crippen LogP contribution < -0.4 is 4.90 Å². The van der Waals surface area contributed by atoms with Crippen LogP contribution in [0.3, 0.4) is 0 Å². The van der Waals surface area contributed by atoms with Gasteiger partial charge in [-0.15, -0.1) is 23.2 Å². The van der Waals surface area contributed by atoms with Gasteiger partial charge in [-0.05, 0) is 18.6 Å². The first kappa shape index (κ1) is 13.3. The molecule has 16 heavy (non-hydrogen) atoms. The summed E-state index contributed by atoms with van der Waals surface area (Å²) in [7, 11) is 0. The number of rotatable bonds is 6. The highest BCUT2D eigenvalue weighted by Crippen LogP contribution is 2.21. The van der Waals surface area contributed by atoms with Crippen LogP contribution in [0, 0.1) is 6.92 Å². The Morgan fingerprint density at radius 2 is 1.88 bits per heavy atom. The summed E-state index contributed by atoms with van der Waals surface area (Å²) in [5.74, 6) is 1.09. The summed E-state index contributed by atoms with van der Waals surface area (Å²) in [5.41, 5.74) is 2.83. The lowest BCUT2D eigenvalue weighted by atomic mass is 10.1. The third kappa shape index (κ3) is 3.39. The van der Waals surface area contributed by atoms with Crippen LogP contribution in [0.1, 0.15) is 15.9 Å². The van der Waals surface area contributed by atoms with E-state index in [-0.39, 0.29) is 0 Å². The Hall–Kier alpha value is -0.730. The maximum atomic E-state index is 10.7. The molecule has 0 aliphatic carbocycles. The highest BCUT2D eigenvalue weighted by Gasteiger charge is 2.08. The van der Waals surface area contributed by atoms with Gasteiger partial charge in [-0.25, -0.2) is 0 Å². The summed E-state index contributed by atoms with van der Waals surface area (Å²) in [6.07, 6.45) is 0.850. The molecule has 0 fully saturated rings. The number of benzene rings is 1. The van der Waals surface area contributed by atoms with E-state index in [1.54, 1.807) is 0 Å². The van der Waals surface area contributed by atoms with Crippen molar-refractivity contribution < 1.29 is 4.79 Å². The van der Waals surface area contributed by atoms with Crippen molar-refractivity contribution in [3.63, 3.8) is 0 Å². The molecule has 1 aromatic carbocycles. The third-order valence-corrected chi connectivity index (χ3v) is 2.76. The van der Waals surface area contributed by atoms with Crippen molar-refractivity contribution in [3.8, 4) is 0 Å². The summed E-state index contributed by atoms with van der Waals surface area (Å²) in [6.45, 7) is 3.48. The van der Waals surface area contributed by atoms with Crippen molar-refractivity contribution in [3.05, 3.63) is 29.3 Å². The fourth-order valence-electron chi connectivity index (χ4n) is 1.60. The van der Waals surface area contributed by atoms with Gasteiger partial charge in [0.1, 0.15) is 6.29 Å². The SMILES string of the molecule is Cc1ccc(C=O)cc1N(CCCl)CCCl. The van der Waals surface area contributed by atoms with Crippen LogP contribution in [0.2, 0.25) is 0 Å². The maximum absolute atomic E-state index is 10.7. The van der Waals surface area contributed by atoms with E-state index >= 15 is 0 Å². The number of carbonyl (C=O) groups is 1. The van der Waals surface area contributed by atoms with Gasteiger partial charge in [0.05, 0.1) is 0 Å². The quantitative estimate of drug-likeness (QED) is 0.578. The third-order valence-electron chi connectivity index (χ3n) is 2.42. The summed E-state index contributed by atoms with van der Waals surface area (Å²) in [6, 6.07) is 5.63.